The summed E-state index contributed by atoms with van der Waals surface area (Å²) in [4.78, 5) is 20.7. The summed E-state index contributed by atoms with van der Waals surface area (Å²) >= 11 is 0. The highest BCUT2D eigenvalue weighted by Crippen LogP contribution is 2.40. The van der Waals surface area contributed by atoms with Crippen LogP contribution in [0.15, 0.2) is 53.5 Å². The molecule has 5 atom stereocenters. The number of likely N-dealkylation sites (tertiary alicyclic amines) is 2. The summed E-state index contributed by atoms with van der Waals surface area (Å²) in [7, 11) is 4.55. The summed E-state index contributed by atoms with van der Waals surface area (Å²) in [6.07, 6.45) is 9.66. The van der Waals surface area contributed by atoms with Crippen LogP contribution in [-0.2, 0) is 0 Å². The maximum Gasteiger partial charge on any atom is 0.0712 e. The molecular weight excluding hydrogens is 613 g/mol. The normalized spacial score (nSPS) is 27.5. The molecule has 2 unspecified atom stereocenters. The number of pyridine rings is 2. The number of piperidine rings is 3. The molecule has 8 rings (SSSR count). The summed E-state index contributed by atoms with van der Waals surface area (Å²) in [5, 5.41) is 6.53. The van der Waals surface area contributed by atoms with E-state index in [2.05, 4.69) is 98.5 Å². The van der Waals surface area contributed by atoms with E-state index in [1.807, 2.05) is 0 Å². The zero-order chi connectivity index (χ0) is 34.4. The number of aliphatic imine (C=N–C) groups is 1. The fraction of sp³-hybridized carbons (Fsp3) is 0.568. The van der Waals surface area contributed by atoms with Crippen LogP contribution in [0.5, 0.6) is 0 Å². The molecule has 3 fully saturated rings. The summed E-state index contributed by atoms with van der Waals surface area (Å²) in [5.74, 6) is 3.11. The van der Waals surface area contributed by atoms with Crippen LogP contribution < -0.4 is 5.32 Å². The third kappa shape index (κ3) is 7.13. The molecule has 4 aliphatic heterocycles. The molecule has 2 aromatic carbocycles. The monoisotopic (exact) mass is 670 g/mol. The van der Waals surface area contributed by atoms with Crippen molar-refractivity contribution in [2.24, 2.45) is 22.7 Å². The number of nitrogens with zero attached hydrogens (tertiary/aromatic N) is 5. The van der Waals surface area contributed by atoms with Gasteiger partial charge in [0.25, 0.3) is 0 Å². The molecular formula is C44H58N6. The van der Waals surface area contributed by atoms with Crippen molar-refractivity contribution < 1.29 is 0 Å². The van der Waals surface area contributed by atoms with Gasteiger partial charge in [-0.1, -0.05) is 31.2 Å². The second-order valence-electron chi connectivity index (χ2n) is 16.8. The Morgan fingerprint density at radius 2 is 1.48 bits per heavy atom. The van der Waals surface area contributed by atoms with Crippen molar-refractivity contribution in [3.8, 4) is 0 Å². The summed E-state index contributed by atoms with van der Waals surface area (Å²) in [6, 6.07) is 19.1. The van der Waals surface area contributed by atoms with Crippen LogP contribution in [-0.4, -0.2) is 78.8 Å². The minimum absolute atomic E-state index is 0.408. The van der Waals surface area contributed by atoms with Gasteiger partial charge in [0, 0.05) is 58.8 Å². The van der Waals surface area contributed by atoms with Gasteiger partial charge >= 0.3 is 0 Å². The average molecular weight is 671 g/mol. The van der Waals surface area contributed by atoms with E-state index in [0.29, 0.717) is 35.6 Å². The first kappa shape index (κ1) is 33.9. The first-order chi connectivity index (χ1) is 24.3. The van der Waals surface area contributed by atoms with Crippen molar-refractivity contribution >= 4 is 27.5 Å². The molecule has 0 radical (unpaired) electrons. The van der Waals surface area contributed by atoms with Crippen molar-refractivity contribution in [1.29, 1.82) is 0 Å². The Labute approximate surface area is 300 Å². The quantitative estimate of drug-likeness (QED) is 0.223. The van der Waals surface area contributed by atoms with Crippen molar-refractivity contribution in [2.75, 3.05) is 53.4 Å². The van der Waals surface area contributed by atoms with Gasteiger partial charge in [0.2, 0.25) is 0 Å². The van der Waals surface area contributed by atoms with Crippen LogP contribution in [0, 0.1) is 31.6 Å². The number of fused-ring (bicyclic) bond motifs is 2. The largest absolute Gasteiger partial charge is 0.310 e. The number of aromatic nitrogens is 2. The Bertz CT molecular complexity index is 1860. The molecule has 1 N–H and O–H groups in total. The van der Waals surface area contributed by atoms with E-state index in [9.17, 15) is 0 Å². The molecule has 0 bridgehead atoms. The third-order valence-corrected chi connectivity index (χ3v) is 12.9. The molecule has 3 saturated heterocycles. The molecule has 4 aromatic rings. The Hall–Kier alpha value is -3.19. The van der Waals surface area contributed by atoms with E-state index in [4.69, 9.17) is 15.0 Å². The standard InChI is InChI=1S/C44H58N6/c1-28-6-12-39(45-25-28)35-10-9-34-21-30(3)44(48-42(34)24-35)38-16-19-50(5)27-37(38)22-31-7-13-40(46-26-31)36-11-8-33-20-29(2)43(47-41(33)23-36)32-14-17-49(4)18-15-32/h8-11,20-21,23-24,28,31-32,37-38,40,46H,6-7,12-19,22,25-27H2,1-5H3/t28-,31+,37?,38?,40+/m0/s1. The SMILES string of the molecule is Cc1cc2ccc([C@H]3CC[C@H](CC4CN(C)CCC4c4nc5cc(C6=NC[C@@H](C)CC6)ccc5cc4C)CN3)cc2nc1C1CCN(C)CC1. The highest BCUT2D eigenvalue weighted by molar-refractivity contribution is 6.03. The number of benzene rings is 2. The number of hydrogen-bond donors (Lipinski definition) is 1. The summed E-state index contributed by atoms with van der Waals surface area (Å²) < 4.78 is 0. The van der Waals surface area contributed by atoms with Crippen LogP contribution in [0.2, 0.25) is 0 Å². The Morgan fingerprint density at radius 1 is 0.760 bits per heavy atom. The van der Waals surface area contributed by atoms with E-state index in [0.717, 1.165) is 38.1 Å². The molecule has 0 aliphatic carbocycles. The highest BCUT2D eigenvalue weighted by atomic mass is 15.1. The molecule has 0 spiro atoms. The third-order valence-electron chi connectivity index (χ3n) is 12.9. The predicted molar refractivity (Wildman–Crippen MR) is 209 cm³/mol. The van der Waals surface area contributed by atoms with Crippen LogP contribution in [0.25, 0.3) is 21.8 Å². The molecule has 2 aromatic heterocycles. The van der Waals surface area contributed by atoms with Gasteiger partial charge in [0.15, 0.2) is 0 Å². The molecule has 6 heterocycles. The van der Waals surface area contributed by atoms with Gasteiger partial charge in [-0.3, -0.25) is 15.0 Å². The van der Waals surface area contributed by atoms with Gasteiger partial charge in [-0.2, -0.15) is 0 Å². The van der Waals surface area contributed by atoms with Crippen LogP contribution >= 0.6 is 0 Å². The lowest BCUT2D eigenvalue weighted by Gasteiger charge is -2.40. The molecule has 6 heteroatoms. The minimum Gasteiger partial charge on any atom is -0.310 e. The number of hydrogen-bond acceptors (Lipinski definition) is 6. The van der Waals surface area contributed by atoms with Gasteiger partial charge in [0.05, 0.1) is 11.0 Å². The predicted octanol–water partition coefficient (Wildman–Crippen LogP) is 8.59. The molecule has 264 valence electrons. The van der Waals surface area contributed by atoms with Gasteiger partial charge < -0.3 is 15.1 Å². The van der Waals surface area contributed by atoms with Gasteiger partial charge in [-0.25, -0.2) is 0 Å². The van der Waals surface area contributed by atoms with Crippen LogP contribution in [0.4, 0.5) is 0 Å². The second-order valence-corrected chi connectivity index (χ2v) is 16.8. The van der Waals surface area contributed by atoms with E-state index >= 15 is 0 Å². The van der Waals surface area contributed by atoms with E-state index in [1.54, 1.807) is 0 Å². The maximum atomic E-state index is 5.46. The summed E-state index contributed by atoms with van der Waals surface area (Å²) in [6.45, 7) is 13.6. The van der Waals surface area contributed by atoms with Crippen LogP contribution in [0.1, 0.15) is 110 Å². The Kier molecular flexibility index (Phi) is 9.80. The lowest BCUT2D eigenvalue weighted by atomic mass is 9.75. The van der Waals surface area contributed by atoms with Gasteiger partial charge in [0.1, 0.15) is 0 Å². The molecule has 0 saturated carbocycles. The molecule has 6 nitrogen and oxygen atoms in total. The zero-order valence-corrected chi connectivity index (χ0v) is 31.2. The first-order valence-electron chi connectivity index (χ1n) is 19.7. The molecule has 50 heavy (non-hydrogen) atoms. The Balaban J connectivity index is 0.961. The van der Waals surface area contributed by atoms with Crippen molar-refractivity contribution in [3.05, 3.63) is 82.2 Å². The number of aryl methyl sites for hydroxylation is 2. The minimum atomic E-state index is 0.408. The lowest BCUT2D eigenvalue weighted by molar-refractivity contribution is 0.145. The maximum absolute atomic E-state index is 5.46. The topological polar surface area (TPSA) is 56.7 Å². The van der Waals surface area contributed by atoms with Crippen molar-refractivity contribution in [3.63, 3.8) is 0 Å². The zero-order valence-electron chi connectivity index (χ0n) is 31.2. The summed E-state index contributed by atoms with van der Waals surface area (Å²) in [5.41, 5.74) is 11.6. The average Bonchev–Trinajstić information content (AvgIpc) is 3.12. The van der Waals surface area contributed by atoms with E-state index in [-0.39, 0.29) is 0 Å². The molecule has 4 aliphatic rings. The molecule has 0 amide bonds. The Morgan fingerprint density at radius 3 is 2.22 bits per heavy atom. The second kappa shape index (κ2) is 14.4. The number of rotatable bonds is 6. The van der Waals surface area contributed by atoms with Gasteiger partial charge in [-0.05, 0) is 170 Å². The number of nitrogens with one attached hydrogen (secondary N) is 1. The van der Waals surface area contributed by atoms with Gasteiger partial charge in [-0.15, -0.1) is 0 Å². The lowest BCUT2D eigenvalue weighted by Crippen LogP contribution is -2.41. The highest BCUT2D eigenvalue weighted by Gasteiger charge is 2.34. The van der Waals surface area contributed by atoms with Crippen LogP contribution in [0.3, 0.4) is 0 Å². The fourth-order valence-electron chi connectivity index (χ4n) is 9.76. The first-order valence-corrected chi connectivity index (χ1v) is 19.7. The van der Waals surface area contributed by atoms with Crippen molar-refractivity contribution in [2.45, 2.75) is 90.0 Å². The van der Waals surface area contributed by atoms with E-state index < -0.39 is 0 Å². The smallest absolute Gasteiger partial charge is 0.0712 e. The van der Waals surface area contributed by atoms with E-state index in [1.165, 1.54) is 114 Å². The van der Waals surface area contributed by atoms with Crippen molar-refractivity contribution in [1.82, 2.24) is 25.1 Å². The fourth-order valence-corrected chi connectivity index (χ4v) is 9.76.